The fourth-order valence-electron chi connectivity index (χ4n) is 2.62. The second kappa shape index (κ2) is 4.67. The van der Waals surface area contributed by atoms with E-state index < -0.39 is 0 Å². The fraction of sp³-hybridized carbons (Fsp3) is 0.571. The third-order valence-corrected chi connectivity index (χ3v) is 3.80. The molecule has 1 aliphatic carbocycles. The van der Waals surface area contributed by atoms with Gasteiger partial charge in [0.05, 0.1) is 6.61 Å². The molecule has 2 N–H and O–H groups in total. The molecule has 1 atom stereocenters. The Morgan fingerprint density at radius 2 is 2.00 bits per heavy atom. The molecule has 0 bridgehead atoms. The van der Waals surface area contributed by atoms with Gasteiger partial charge in [-0.05, 0) is 30.9 Å². The van der Waals surface area contributed by atoms with Crippen molar-refractivity contribution in [2.75, 3.05) is 18.9 Å². The summed E-state index contributed by atoms with van der Waals surface area (Å²) in [5.74, 6) is 0. The van der Waals surface area contributed by atoms with Crippen molar-refractivity contribution in [1.82, 2.24) is 4.90 Å². The number of nitrogens with zero attached hydrogens (tertiary/aromatic N) is 1. The van der Waals surface area contributed by atoms with Crippen LogP contribution in [0.1, 0.15) is 24.8 Å². The lowest BCUT2D eigenvalue weighted by Gasteiger charge is -2.28. The van der Waals surface area contributed by atoms with Gasteiger partial charge in [-0.2, -0.15) is 0 Å². The molecule has 2 aliphatic rings. The number of para-hydroxylation sites is 1. The minimum absolute atomic E-state index is 0.599. The first kappa shape index (κ1) is 11.1. The van der Waals surface area contributed by atoms with Gasteiger partial charge >= 0.3 is 0 Å². The summed E-state index contributed by atoms with van der Waals surface area (Å²) in [6.07, 6.45) is 3.84. The number of benzene rings is 1. The Morgan fingerprint density at radius 1 is 1.18 bits per heavy atom. The summed E-state index contributed by atoms with van der Waals surface area (Å²) in [5.41, 5.74) is 8.20. The lowest BCUT2D eigenvalue weighted by molar-refractivity contribution is 0.133. The maximum absolute atomic E-state index is 6.03. The van der Waals surface area contributed by atoms with Crippen LogP contribution in [0.4, 0.5) is 5.69 Å². The van der Waals surface area contributed by atoms with Gasteiger partial charge in [0.2, 0.25) is 0 Å². The molecule has 0 radical (unpaired) electrons. The molecule has 0 spiro atoms. The van der Waals surface area contributed by atoms with Crippen LogP contribution in [0.15, 0.2) is 24.3 Å². The minimum atomic E-state index is 0.599. The molecule has 0 aromatic heterocycles. The van der Waals surface area contributed by atoms with E-state index in [2.05, 4.69) is 17.0 Å². The molecule has 1 aliphatic heterocycles. The molecule has 92 valence electrons. The van der Waals surface area contributed by atoms with E-state index in [-0.39, 0.29) is 0 Å². The van der Waals surface area contributed by atoms with Gasteiger partial charge in [0.15, 0.2) is 0 Å². The Bertz CT molecular complexity index is 384. The van der Waals surface area contributed by atoms with Gasteiger partial charge < -0.3 is 10.5 Å². The molecule has 2 fully saturated rings. The van der Waals surface area contributed by atoms with Gasteiger partial charge in [-0.25, -0.2) is 0 Å². The first-order chi connectivity index (χ1) is 8.34. The number of hydrogen-bond acceptors (Lipinski definition) is 3. The van der Waals surface area contributed by atoms with Crippen LogP contribution in [-0.4, -0.2) is 30.2 Å². The largest absolute Gasteiger partial charge is 0.398 e. The number of anilines is 1. The lowest BCUT2D eigenvalue weighted by atomic mass is 10.1. The van der Waals surface area contributed by atoms with Crippen LogP contribution in [0.25, 0.3) is 0 Å². The zero-order valence-electron chi connectivity index (χ0n) is 10.1. The fourth-order valence-corrected chi connectivity index (χ4v) is 2.62. The summed E-state index contributed by atoms with van der Waals surface area (Å²) in [7, 11) is 0. The van der Waals surface area contributed by atoms with E-state index in [1.807, 2.05) is 12.1 Å². The molecular formula is C14H20N2O. The number of rotatable bonds is 4. The van der Waals surface area contributed by atoms with Crippen LogP contribution in [0.5, 0.6) is 0 Å². The van der Waals surface area contributed by atoms with Crippen LogP contribution in [-0.2, 0) is 11.3 Å². The van der Waals surface area contributed by atoms with E-state index in [9.17, 15) is 0 Å². The summed E-state index contributed by atoms with van der Waals surface area (Å²) in [5, 5.41) is 0. The van der Waals surface area contributed by atoms with Crippen molar-refractivity contribution in [1.29, 1.82) is 0 Å². The van der Waals surface area contributed by atoms with Gasteiger partial charge in [0.25, 0.3) is 0 Å². The number of hydrogen-bond donors (Lipinski definition) is 1. The monoisotopic (exact) mass is 232 g/mol. The summed E-state index contributed by atoms with van der Waals surface area (Å²) in [6, 6.07) is 9.57. The van der Waals surface area contributed by atoms with Gasteiger partial charge in [-0.3, -0.25) is 4.90 Å². The average Bonchev–Trinajstić information content (AvgIpc) is 3.03. The van der Waals surface area contributed by atoms with E-state index in [0.717, 1.165) is 31.5 Å². The van der Waals surface area contributed by atoms with Crippen molar-refractivity contribution in [3.63, 3.8) is 0 Å². The molecule has 0 amide bonds. The average molecular weight is 232 g/mol. The quantitative estimate of drug-likeness (QED) is 0.807. The van der Waals surface area contributed by atoms with Crippen molar-refractivity contribution < 1.29 is 4.74 Å². The topological polar surface area (TPSA) is 38.5 Å². The minimum Gasteiger partial charge on any atom is -0.398 e. The van der Waals surface area contributed by atoms with Gasteiger partial charge in [0, 0.05) is 30.9 Å². The Kier molecular flexibility index (Phi) is 3.04. The Morgan fingerprint density at radius 3 is 2.65 bits per heavy atom. The highest BCUT2D eigenvalue weighted by Gasteiger charge is 2.35. The van der Waals surface area contributed by atoms with Crippen molar-refractivity contribution in [3.05, 3.63) is 29.8 Å². The molecular weight excluding hydrogens is 212 g/mol. The van der Waals surface area contributed by atoms with Crippen LogP contribution in [0.3, 0.4) is 0 Å². The third kappa shape index (κ3) is 2.45. The van der Waals surface area contributed by atoms with Crippen LogP contribution in [0, 0.1) is 0 Å². The van der Waals surface area contributed by atoms with Crippen molar-refractivity contribution in [2.45, 2.75) is 37.9 Å². The summed E-state index contributed by atoms with van der Waals surface area (Å²) < 4.78 is 5.51. The molecule has 3 heteroatoms. The highest BCUT2D eigenvalue weighted by atomic mass is 16.5. The van der Waals surface area contributed by atoms with Crippen LogP contribution in [0.2, 0.25) is 0 Å². The molecule has 1 heterocycles. The maximum atomic E-state index is 6.03. The van der Waals surface area contributed by atoms with Crippen LogP contribution < -0.4 is 5.73 Å². The highest BCUT2D eigenvalue weighted by molar-refractivity contribution is 5.46. The molecule has 1 saturated carbocycles. The number of ether oxygens (including phenoxy) is 1. The SMILES string of the molecule is Nc1ccccc1CN(C1CC1)C1CCOC1. The molecule has 3 nitrogen and oxygen atoms in total. The first-order valence-corrected chi connectivity index (χ1v) is 6.51. The van der Waals surface area contributed by atoms with Crippen molar-refractivity contribution in [3.8, 4) is 0 Å². The van der Waals surface area contributed by atoms with E-state index in [1.165, 1.54) is 24.8 Å². The third-order valence-electron chi connectivity index (χ3n) is 3.80. The number of nitrogen functional groups attached to an aromatic ring is 1. The molecule has 1 saturated heterocycles. The predicted molar refractivity (Wildman–Crippen MR) is 68.6 cm³/mol. The normalized spacial score (nSPS) is 24.4. The second-order valence-electron chi connectivity index (χ2n) is 5.12. The summed E-state index contributed by atoms with van der Waals surface area (Å²) >= 11 is 0. The summed E-state index contributed by atoms with van der Waals surface area (Å²) in [4.78, 5) is 2.60. The maximum Gasteiger partial charge on any atom is 0.0622 e. The predicted octanol–water partition coefficient (Wildman–Crippen LogP) is 2.02. The van der Waals surface area contributed by atoms with Gasteiger partial charge in [-0.15, -0.1) is 0 Å². The molecule has 3 rings (SSSR count). The zero-order valence-corrected chi connectivity index (χ0v) is 10.1. The first-order valence-electron chi connectivity index (χ1n) is 6.51. The second-order valence-corrected chi connectivity index (χ2v) is 5.12. The van der Waals surface area contributed by atoms with Crippen LogP contribution >= 0.6 is 0 Å². The molecule has 1 aromatic carbocycles. The van der Waals surface area contributed by atoms with Gasteiger partial charge in [-0.1, -0.05) is 18.2 Å². The van der Waals surface area contributed by atoms with E-state index in [1.54, 1.807) is 0 Å². The van der Waals surface area contributed by atoms with E-state index >= 15 is 0 Å². The van der Waals surface area contributed by atoms with E-state index in [0.29, 0.717) is 6.04 Å². The Balaban J connectivity index is 1.74. The molecule has 1 aromatic rings. The van der Waals surface area contributed by atoms with E-state index in [4.69, 9.17) is 10.5 Å². The highest BCUT2D eigenvalue weighted by Crippen LogP contribution is 2.33. The zero-order chi connectivity index (χ0) is 11.7. The van der Waals surface area contributed by atoms with Crippen molar-refractivity contribution in [2.24, 2.45) is 0 Å². The molecule has 1 unspecified atom stereocenters. The Labute approximate surface area is 103 Å². The Hall–Kier alpha value is -1.06. The standard InChI is InChI=1S/C14H20N2O/c15-14-4-2-1-3-11(14)9-16(12-5-6-12)13-7-8-17-10-13/h1-4,12-13H,5-10,15H2. The number of nitrogens with two attached hydrogens (primary N) is 1. The smallest absolute Gasteiger partial charge is 0.0622 e. The van der Waals surface area contributed by atoms with Gasteiger partial charge in [0.1, 0.15) is 0 Å². The molecule has 17 heavy (non-hydrogen) atoms. The summed E-state index contributed by atoms with van der Waals surface area (Å²) in [6.45, 7) is 2.78. The van der Waals surface area contributed by atoms with Crippen molar-refractivity contribution >= 4 is 5.69 Å². The lowest BCUT2D eigenvalue weighted by Crippen LogP contribution is -2.37.